The van der Waals surface area contributed by atoms with Gasteiger partial charge in [-0.25, -0.2) is 4.98 Å². The van der Waals surface area contributed by atoms with Crippen LogP contribution in [0.2, 0.25) is 0 Å². The van der Waals surface area contributed by atoms with E-state index in [0.29, 0.717) is 18.1 Å². The Morgan fingerprint density at radius 1 is 1.62 bits per heavy atom. The van der Waals surface area contributed by atoms with Gasteiger partial charge in [0.15, 0.2) is 5.13 Å². The standard InChI is InChI=1S/C10H15N3OS2/c1-6-7(2)16-10(12-6)13-3-4-14-8(5-13)9(11)15/h8H,3-5H2,1-2H3,(H2,11,15). The maximum absolute atomic E-state index is 5.61. The Kier molecular flexibility index (Phi) is 3.41. The van der Waals surface area contributed by atoms with Gasteiger partial charge in [0.05, 0.1) is 18.8 Å². The molecule has 1 saturated heterocycles. The number of anilines is 1. The molecule has 1 aliphatic rings. The number of aryl methyl sites for hydroxylation is 2. The Hall–Kier alpha value is -0.720. The fourth-order valence-corrected chi connectivity index (χ4v) is 2.67. The number of hydrogen-bond acceptors (Lipinski definition) is 5. The van der Waals surface area contributed by atoms with E-state index < -0.39 is 0 Å². The van der Waals surface area contributed by atoms with Crippen LogP contribution < -0.4 is 10.6 Å². The molecule has 0 aliphatic carbocycles. The van der Waals surface area contributed by atoms with Crippen molar-refractivity contribution in [2.45, 2.75) is 20.0 Å². The molecule has 1 fully saturated rings. The van der Waals surface area contributed by atoms with Gasteiger partial charge >= 0.3 is 0 Å². The van der Waals surface area contributed by atoms with E-state index in [1.165, 1.54) is 4.88 Å². The van der Waals surface area contributed by atoms with Gasteiger partial charge in [-0.1, -0.05) is 12.2 Å². The van der Waals surface area contributed by atoms with Crippen LogP contribution in [0.25, 0.3) is 0 Å². The fraction of sp³-hybridized carbons (Fsp3) is 0.600. The highest BCUT2D eigenvalue weighted by molar-refractivity contribution is 7.80. The maximum atomic E-state index is 5.61. The summed E-state index contributed by atoms with van der Waals surface area (Å²) >= 11 is 6.67. The van der Waals surface area contributed by atoms with Gasteiger partial charge in [0.1, 0.15) is 11.1 Å². The van der Waals surface area contributed by atoms with Crippen LogP contribution in [0.1, 0.15) is 10.6 Å². The van der Waals surface area contributed by atoms with Crippen molar-refractivity contribution in [1.29, 1.82) is 0 Å². The number of hydrogen-bond donors (Lipinski definition) is 1. The molecule has 0 bridgehead atoms. The van der Waals surface area contributed by atoms with Gasteiger partial charge < -0.3 is 15.4 Å². The summed E-state index contributed by atoms with van der Waals surface area (Å²) in [5.41, 5.74) is 6.70. The summed E-state index contributed by atoms with van der Waals surface area (Å²) in [6.07, 6.45) is -0.145. The minimum Gasteiger partial charge on any atom is -0.391 e. The average molecular weight is 257 g/mol. The molecular weight excluding hydrogens is 242 g/mol. The molecule has 0 amide bonds. The van der Waals surface area contributed by atoms with Gasteiger partial charge in [0.25, 0.3) is 0 Å². The summed E-state index contributed by atoms with van der Waals surface area (Å²) in [6, 6.07) is 0. The molecule has 0 radical (unpaired) electrons. The molecule has 6 heteroatoms. The second-order valence-corrected chi connectivity index (χ2v) is 5.50. The van der Waals surface area contributed by atoms with E-state index in [4.69, 9.17) is 22.7 Å². The molecule has 2 rings (SSSR count). The summed E-state index contributed by atoms with van der Waals surface area (Å²) in [5.74, 6) is 0. The first-order valence-electron chi connectivity index (χ1n) is 5.18. The molecule has 1 aromatic heterocycles. The van der Waals surface area contributed by atoms with Crippen molar-refractivity contribution in [2.75, 3.05) is 24.6 Å². The first-order valence-corrected chi connectivity index (χ1v) is 6.40. The zero-order valence-electron chi connectivity index (χ0n) is 9.40. The lowest BCUT2D eigenvalue weighted by Crippen LogP contribution is -2.47. The predicted molar refractivity (Wildman–Crippen MR) is 70.3 cm³/mol. The third-order valence-corrected chi connectivity index (χ3v) is 4.07. The smallest absolute Gasteiger partial charge is 0.185 e. The number of thiocarbonyl (C=S) groups is 1. The Bertz CT molecular complexity index is 385. The monoisotopic (exact) mass is 257 g/mol. The molecule has 2 heterocycles. The third-order valence-electron chi connectivity index (χ3n) is 2.67. The Labute approximate surface area is 104 Å². The van der Waals surface area contributed by atoms with Gasteiger partial charge in [-0.2, -0.15) is 0 Å². The van der Waals surface area contributed by atoms with E-state index in [0.717, 1.165) is 17.4 Å². The normalized spacial score (nSPS) is 21.1. The summed E-state index contributed by atoms with van der Waals surface area (Å²) in [4.78, 5) is 8.41. The lowest BCUT2D eigenvalue weighted by atomic mass is 10.3. The van der Waals surface area contributed by atoms with Crippen LogP contribution in [-0.2, 0) is 4.74 Å². The van der Waals surface area contributed by atoms with Crippen molar-refractivity contribution in [2.24, 2.45) is 5.73 Å². The van der Waals surface area contributed by atoms with Crippen LogP contribution >= 0.6 is 23.6 Å². The number of nitrogens with two attached hydrogens (primary N) is 1. The van der Waals surface area contributed by atoms with E-state index in [1.54, 1.807) is 11.3 Å². The highest BCUT2D eigenvalue weighted by Gasteiger charge is 2.24. The minimum absolute atomic E-state index is 0.145. The minimum atomic E-state index is -0.145. The highest BCUT2D eigenvalue weighted by Crippen LogP contribution is 2.26. The molecule has 1 atom stereocenters. The molecule has 1 aliphatic heterocycles. The quantitative estimate of drug-likeness (QED) is 0.808. The predicted octanol–water partition coefficient (Wildman–Crippen LogP) is 1.25. The lowest BCUT2D eigenvalue weighted by molar-refractivity contribution is 0.0847. The van der Waals surface area contributed by atoms with Crippen molar-refractivity contribution in [3.8, 4) is 0 Å². The van der Waals surface area contributed by atoms with Gasteiger partial charge in [-0.3, -0.25) is 0 Å². The number of nitrogens with zero attached hydrogens (tertiary/aromatic N) is 2. The maximum Gasteiger partial charge on any atom is 0.185 e. The Morgan fingerprint density at radius 2 is 2.38 bits per heavy atom. The summed E-state index contributed by atoms with van der Waals surface area (Å²) in [6.45, 7) is 6.33. The van der Waals surface area contributed by atoms with Gasteiger partial charge in [0, 0.05) is 11.4 Å². The van der Waals surface area contributed by atoms with E-state index in [-0.39, 0.29) is 6.10 Å². The van der Waals surface area contributed by atoms with Crippen LogP contribution in [0.4, 0.5) is 5.13 Å². The van der Waals surface area contributed by atoms with Crippen molar-refractivity contribution in [1.82, 2.24) is 4.98 Å². The number of ether oxygens (including phenoxy) is 1. The molecule has 88 valence electrons. The van der Waals surface area contributed by atoms with Gasteiger partial charge in [0.2, 0.25) is 0 Å². The zero-order valence-corrected chi connectivity index (χ0v) is 11.0. The van der Waals surface area contributed by atoms with Crippen molar-refractivity contribution in [3.05, 3.63) is 10.6 Å². The second kappa shape index (κ2) is 4.65. The van der Waals surface area contributed by atoms with Crippen LogP contribution in [0.15, 0.2) is 0 Å². The van der Waals surface area contributed by atoms with Gasteiger partial charge in [-0.05, 0) is 13.8 Å². The number of morpholine rings is 1. The molecule has 4 nitrogen and oxygen atoms in total. The number of thiazole rings is 1. The van der Waals surface area contributed by atoms with E-state index in [1.807, 2.05) is 6.92 Å². The fourth-order valence-electron chi connectivity index (χ4n) is 1.59. The lowest BCUT2D eigenvalue weighted by Gasteiger charge is -2.32. The summed E-state index contributed by atoms with van der Waals surface area (Å²) in [5, 5.41) is 1.04. The summed E-state index contributed by atoms with van der Waals surface area (Å²) in [7, 11) is 0. The summed E-state index contributed by atoms with van der Waals surface area (Å²) < 4.78 is 5.50. The highest BCUT2D eigenvalue weighted by atomic mass is 32.1. The zero-order chi connectivity index (χ0) is 11.7. The first-order chi connectivity index (χ1) is 7.58. The molecule has 1 unspecified atom stereocenters. The molecule has 1 aromatic rings. The third kappa shape index (κ3) is 2.34. The molecular formula is C10H15N3OS2. The van der Waals surface area contributed by atoms with Crippen LogP contribution in [0, 0.1) is 13.8 Å². The van der Waals surface area contributed by atoms with Crippen molar-refractivity contribution < 1.29 is 4.74 Å². The van der Waals surface area contributed by atoms with Crippen LogP contribution in [0.5, 0.6) is 0 Å². The first kappa shape index (κ1) is 11.8. The Morgan fingerprint density at radius 3 is 2.94 bits per heavy atom. The van der Waals surface area contributed by atoms with Crippen LogP contribution in [-0.4, -0.2) is 35.8 Å². The number of aromatic nitrogens is 1. The largest absolute Gasteiger partial charge is 0.391 e. The topological polar surface area (TPSA) is 51.4 Å². The molecule has 0 saturated carbocycles. The Balaban J connectivity index is 2.12. The van der Waals surface area contributed by atoms with E-state index >= 15 is 0 Å². The number of rotatable bonds is 2. The molecule has 2 N–H and O–H groups in total. The van der Waals surface area contributed by atoms with E-state index in [9.17, 15) is 0 Å². The molecule has 0 spiro atoms. The molecule has 0 aromatic carbocycles. The second-order valence-electron chi connectivity index (χ2n) is 3.85. The SMILES string of the molecule is Cc1nc(N2CCOC(C(N)=S)C2)sc1C. The van der Waals surface area contributed by atoms with Crippen molar-refractivity contribution >= 4 is 33.7 Å². The van der Waals surface area contributed by atoms with Gasteiger partial charge in [-0.15, -0.1) is 11.3 Å². The average Bonchev–Trinajstić information content (AvgIpc) is 2.59. The molecule has 16 heavy (non-hydrogen) atoms. The van der Waals surface area contributed by atoms with E-state index in [2.05, 4.69) is 16.8 Å². The van der Waals surface area contributed by atoms with Crippen molar-refractivity contribution in [3.63, 3.8) is 0 Å². The van der Waals surface area contributed by atoms with Crippen LogP contribution in [0.3, 0.4) is 0 Å².